The molecular formula is C8H11ClN4O2S. The Morgan fingerprint density at radius 2 is 1.94 bits per heavy atom. The number of nitrogen functional groups attached to an aromatic ring is 1. The zero-order chi connectivity index (χ0) is 11.8. The number of nitrogens with two attached hydrogens (primary N) is 1. The first-order valence-electron chi connectivity index (χ1n) is 4.71. The molecule has 1 aliphatic rings. The summed E-state index contributed by atoms with van der Waals surface area (Å²) in [5, 5.41) is 0.279. The Morgan fingerprint density at radius 3 is 2.56 bits per heavy atom. The number of aromatic nitrogens is 2. The first-order chi connectivity index (χ1) is 7.49. The lowest BCUT2D eigenvalue weighted by atomic mass is 10.4. The molecule has 0 bridgehead atoms. The van der Waals surface area contributed by atoms with Crippen molar-refractivity contribution in [3.05, 3.63) is 11.3 Å². The van der Waals surface area contributed by atoms with E-state index in [0.717, 1.165) is 0 Å². The van der Waals surface area contributed by atoms with E-state index in [9.17, 15) is 8.42 Å². The number of hydrogen-bond acceptors (Lipinski definition) is 6. The zero-order valence-corrected chi connectivity index (χ0v) is 10.00. The highest BCUT2D eigenvalue weighted by Gasteiger charge is 2.24. The Hall–Kier alpha value is -1.08. The minimum Gasteiger partial charge on any atom is -0.382 e. The van der Waals surface area contributed by atoms with Gasteiger partial charge in [0.05, 0.1) is 11.5 Å². The summed E-state index contributed by atoms with van der Waals surface area (Å²) in [6.07, 6.45) is 1.32. The van der Waals surface area contributed by atoms with Crippen LogP contribution in [0.5, 0.6) is 0 Å². The zero-order valence-electron chi connectivity index (χ0n) is 8.43. The monoisotopic (exact) mass is 262 g/mol. The molecule has 1 saturated heterocycles. The highest BCUT2D eigenvalue weighted by atomic mass is 35.5. The van der Waals surface area contributed by atoms with Gasteiger partial charge in [-0.2, -0.15) is 0 Å². The van der Waals surface area contributed by atoms with Gasteiger partial charge in [0.1, 0.15) is 17.2 Å². The molecule has 0 unspecified atom stereocenters. The molecule has 1 aromatic rings. The molecule has 0 saturated carbocycles. The smallest absolute Gasteiger partial charge is 0.153 e. The number of hydrogen-bond donors (Lipinski definition) is 1. The second kappa shape index (κ2) is 4.06. The third-order valence-electron chi connectivity index (χ3n) is 2.44. The normalized spacial score (nSPS) is 19.7. The van der Waals surface area contributed by atoms with Crippen molar-refractivity contribution in [3.8, 4) is 0 Å². The molecule has 0 amide bonds. The molecule has 2 rings (SSSR count). The summed E-state index contributed by atoms with van der Waals surface area (Å²) < 4.78 is 22.5. The molecule has 0 atom stereocenters. The molecular weight excluding hydrogens is 252 g/mol. The largest absolute Gasteiger partial charge is 0.382 e. The molecule has 1 fully saturated rings. The summed E-state index contributed by atoms with van der Waals surface area (Å²) in [5.41, 5.74) is 5.55. The fourth-order valence-electron chi connectivity index (χ4n) is 1.52. The predicted octanol–water partition coefficient (Wildman–Crippen LogP) is -0.0530. The van der Waals surface area contributed by atoms with Gasteiger partial charge < -0.3 is 10.6 Å². The second-order valence-corrected chi connectivity index (χ2v) is 6.22. The molecule has 16 heavy (non-hydrogen) atoms. The Labute approximate surface area is 98.4 Å². The maximum absolute atomic E-state index is 11.3. The minimum absolute atomic E-state index is 0.118. The van der Waals surface area contributed by atoms with E-state index in [1.807, 2.05) is 0 Å². The standard InChI is InChI=1S/C8H11ClN4O2S/c9-6-7(10)11-5-12-8(6)13-1-3-16(14,15)4-2-13/h5H,1-4H2,(H2,10,11,12). The quantitative estimate of drug-likeness (QED) is 0.763. The third kappa shape index (κ3) is 2.19. The summed E-state index contributed by atoms with van der Waals surface area (Å²) in [5.74, 6) is 0.949. The number of nitrogens with zero attached hydrogens (tertiary/aromatic N) is 3. The van der Waals surface area contributed by atoms with Crippen molar-refractivity contribution in [1.29, 1.82) is 0 Å². The Bertz CT molecular complexity index is 491. The maximum atomic E-state index is 11.3. The Morgan fingerprint density at radius 1 is 1.31 bits per heavy atom. The van der Waals surface area contributed by atoms with E-state index in [4.69, 9.17) is 17.3 Å². The fourth-order valence-corrected chi connectivity index (χ4v) is 2.94. The van der Waals surface area contributed by atoms with E-state index in [-0.39, 0.29) is 22.3 Å². The molecule has 2 heterocycles. The van der Waals surface area contributed by atoms with E-state index in [1.165, 1.54) is 6.33 Å². The maximum Gasteiger partial charge on any atom is 0.153 e. The molecule has 0 radical (unpaired) electrons. The molecule has 0 spiro atoms. The third-order valence-corrected chi connectivity index (χ3v) is 4.41. The molecule has 1 aromatic heterocycles. The van der Waals surface area contributed by atoms with Crippen LogP contribution in [0.2, 0.25) is 5.02 Å². The summed E-state index contributed by atoms with van der Waals surface area (Å²) >= 11 is 5.96. The molecule has 2 N–H and O–H groups in total. The van der Waals surface area contributed by atoms with Crippen LogP contribution in [0.15, 0.2) is 6.33 Å². The Kier molecular flexibility index (Phi) is 2.90. The van der Waals surface area contributed by atoms with Gasteiger partial charge in [-0.05, 0) is 0 Å². The molecule has 88 valence electrons. The average molecular weight is 263 g/mol. The number of rotatable bonds is 1. The van der Waals surface area contributed by atoms with Crippen molar-refractivity contribution in [2.75, 3.05) is 35.2 Å². The number of sulfone groups is 1. The molecule has 0 aromatic carbocycles. The van der Waals surface area contributed by atoms with Crippen LogP contribution in [0.3, 0.4) is 0 Å². The number of halogens is 1. The van der Waals surface area contributed by atoms with Gasteiger partial charge in [0, 0.05) is 13.1 Å². The molecule has 8 heteroatoms. The lowest BCUT2D eigenvalue weighted by molar-refractivity contribution is 0.586. The second-order valence-electron chi connectivity index (χ2n) is 3.54. The Balaban J connectivity index is 2.24. The lowest BCUT2D eigenvalue weighted by Gasteiger charge is -2.28. The fraction of sp³-hybridized carbons (Fsp3) is 0.500. The van der Waals surface area contributed by atoms with E-state index >= 15 is 0 Å². The van der Waals surface area contributed by atoms with Crippen molar-refractivity contribution >= 4 is 33.1 Å². The van der Waals surface area contributed by atoms with Gasteiger partial charge in [0.25, 0.3) is 0 Å². The van der Waals surface area contributed by atoms with Crippen molar-refractivity contribution in [2.24, 2.45) is 0 Å². The van der Waals surface area contributed by atoms with E-state index in [2.05, 4.69) is 9.97 Å². The van der Waals surface area contributed by atoms with E-state index < -0.39 is 9.84 Å². The van der Waals surface area contributed by atoms with Crippen LogP contribution in [-0.2, 0) is 9.84 Å². The lowest BCUT2D eigenvalue weighted by Crippen LogP contribution is -2.40. The van der Waals surface area contributed by atoms with Crippen LogP contribution in [0.25, 0.3) is 0 Å². The van der Waals surface area contributed by atoms with Gasteiger partial charge in [0.15, 0.2) is 15.7 Å². The number of anilines is 2. The van der Waals surface area contributed by atoms with Crippen molar-refractivity contribution in [3.63, 3.8) is 0 Å². The van der Waals surface area contributed by atoms with E-state index in [1.54, 1.807) is 4.90 Å². The minimum atomic E-state index is -2.91. The van der Waals surface area contributed by atoms with Crippen molar-refractivity contribution < 1.29 is 8.42 Å². The van der Waals surface area contributed by atoms with Gasteiger partial charge in [-0.3, -0.25) is 0 Å². The van der Waals surface area contributed by atoms with Crippen LogP contribution >= 0.6 is 11.6 Å². The van der Waals surface area contributed by atoms with Gasteiger partial charge in [-0.25, -0.2) is 18.4 Å². The van der Waals surface area contributed by atoms with Crippen molar-refractivity contribution in [2.45, 2.75) is 0 Å². The molecule has 0 aliphatic carbocycles. The van der Waals surface area contributed by atoms with Crippen LogP contribution < -0.4 is 10.6 Å². The molecule has 1 aliphatic heterocycles. The van der Waals surface area contributed by atoms with Crippen LogP contribution in [0.4, 0.5) is 11.6 Å². The summed E-state index contributed by atoms with van der Waals surface area (Å²) in [6.45, 7) is 0.775. The first kappa shape index (κ1) is 11.4. The highest BCUT2D eigenvalue weighted by molar-refractivity contribution is 7.91. The summed E-state index contributed by atoms with van der Waals surface area (Å²) in [6, 6.07) is 0. The first-order valence-corrected chi connectivity index (χ1v) is 6.91. The van der Waals surface area contributed by atoms with E-state index in [0.29, 0.717) is 18.9 Å². The van der Waals surface area contributed by atoms with Gasteiger partial charge >= 0.3 is 0 Å². The SMILES string of the molecule is Nc1ncnc(N2CCS(=O)(=O)CC2)c1Cl. The summed E-state index contributed by atoms with van der Waals surface area (Å²) in [7, 11) is -2.91. The van der Waals surface area contributed by atoms with Gasteiger partial charge in [-0.15, -0.1) is 0 Å². The van der Waals surface area contributed by atoms with Crippen LogP contribution in [-0.4, -0.2) is 43.0 Å². The van der Waals surface area contributed by atoms with Gasteiger partial charge in [0.2, 0.25) is 0 Å². The topological polar surface area (TPSA) is 89.2 Å². The predicted molar refractivity (Wildman–Crippen MR) is 62.3 cm³/mol. The van der Waals surface area contributed by atoms with Crippen molar-refractivity contribution in [1.82, 2.24) is 9.97 Å². The average Bonchev–Trinajstić information content (AvgIpc) is 2.23. The highest BCUT2D eigenvalue weighted by Crippen LogP contribution is 2.27. The van der Waals surface area contributed by atoms with Crippen LogP contribution in [0.1, 0.15) is 0 Å². The molecule has 6 nitrogen and oxygen atoms in total. The summed E-state index contributed by atoms with van der Waals surface area (Å²) in [4.78, 5) is 9.58. The van der Waals surface area contributed by atoms with Crippen LogP contribution in [0, 0.1) is 0 Å². The van der Waals surface area contributed by atoms with Gasteiger partial charge in [-0.1, -0.05) is 11.6 Å².